The van der Waals surface area contributed by atoms with Crippen LogP contribution in [0.3, 0.4) is 0 Å². The van der Waals surface area contributed by atoms with Gasteiger partial charge in [-0.2, -0.15) is 11.8 Å². The minimum Gasteiger partial charge on any atom is -0.444 e. The van der Waals surface area contributed by atoms with Crippen LogP contribution in [-0.4, -0.2) is 25.8 Å². The summed E-state index contributed by atoms with van der Waals surface area (Å²) in [4.78, 5) is 13.3. The van der Waals surface area contributed by atoms with Crippen LogP contribution >= 0.6 is 11.8 Å². The zero-order valence-corrected chi connectivity index (χ0v) is 14.1. The molecular formula is C17H22N2O2S. The zero-order chi connectivity index (χ0) is 16.1. The average Bonchev–Trinajstić information content (AvgIpc) is 2.85. The van der Waals surface area contributed by atoms with E-state index < -0.39 is 0 Å². The Morgan fingerprint density at radius 1 is 1.32 bits per heavy atom. The number of benzene rings is 1. The molecule has 1 aromatic heterocycles. The summed E-state index contributed by atoms with van der Waals surface area (Å²) in [5.74, 6) is 3.28. The first-order chi connectivity index (χ1) is 10.5. The lowest BCUT2D eigenvalue weighted by Crippen LogP contribution is -2.13. The van der Waals surface area contributed by atoms with Gasteiger partial charge in [0.25, 0.3) is 0 Å². The van der Waals surface area contributed by atoms with Gasteiger partial charge < -0.3 is 15.1 Å². The predicted octanol–water partition coefficient (Wildman–Crippen LogP) is 3.23. The molecule has 5 heteroatoms. The third-order valence-electron chi connectivity index (χ3n) is 3.48. The van der Waals surface area contributed by atoms with E-state index in [-0.39, 0.29) is 5.91 Å². The molecule has 0 saturated heterocycles. The van der Waals surface area contributed by atoms with Crippen molar-refractivity contribution in [2.24, 2.45) is 5.73 Å². The number of nitrogens with zero attached hydrogens (tertiary/aromatic N) is 1. The fraction of sp³-hybridized carbons (Fsp3) is 0.353. The molecule has 0 aliphatic heterocycles. The number of amides is 1. The van der Waals surface area contributed by atoms with Gasteiger partial charge in [0, 0.05) is 25.7 Å². The predicted molar refractivity (Wildman–Crippen MR) is 92.6 cm³/mol. The summed E-state index contributed by atoms with van der Waals surface area (Å²) in [7, 11) is 3.94. The number of anilines is 1. The molecule has 0 aliphatic carbocycles. The first kappa shape index (κ1) is 16.5. The molecule has 2 aromatic rings. The van der Waals surface area contributed by atoms with E-state index in [2.05, 4.69) is 13.0 Å². The van der Waals surface area contributed by atoms with Crippen molar-refractivity contribution >= 4 is 23.6 Å². The lowest BCUT2D eigenvalue weighted by molar-refractivity contribution is 0.0999. The van der Waals surface area contributed by atoms with Crippen LogP contribution in [0, 0.1) is 6.92 Å². The van der Waals surface area contributed by atoms with Crippen molar-refractivity contribution in [3.05, 3.63) is 52.8 Å². The molecule has 0 atom stereocenters. The largest absolute Gasteiger partial charge is 0.444 e. The molecule has 0 bridgehead atoms. The molecule has 22 heavy (non-hydrogen) atoms. The van der Waals surface area contributed by atoms with Gasteiger partial charge in [-0.15, -0.1) is 0 Å². The number of carbonyl (C=O) groups excluding carboxylic acids is 1. The summed E-state index contributed by atoms with van der Waals surface area (Å²) < 4.78 is 5.82. The zero-order valence-electron chi connectivity index (χ0n) is 13.3. The molecule has 0 spiro atoms. The second-order valence-corrected chi connectivity index (χ2v) is 6.51. The Hall–Kier alpha value is -1.88. The molecule has 0 unspecified atom stereocenters. The third kappa shape index (κ3) is 4.07. The van der Waals surface area contributed by atoms with Crippen LogP contribution < -0.4 is 10.6 Å². The van der Waals surface area contributed by atoms with Crippen LogP contribution in [0.4, 0.5) is 5.88 Å². The summed E-state index contributed by atoms with van der Waals surface area (Å²) in [6, 6.07) is 9.57. The van der Waals surface area contributed by atoms with E-state index in [1.165, 1.54) is 5.56 Å². The normalized spacial score (nSPS) is 10.7. The summed E-state index contributed by atoms with van der Waals surface area (Å²) in [6.45, 7) is 2.06. The maximum atomic E-state index is 11.4. The van der Waals surface area contributed by atoms with Gasteiger partial charge in [-0.25, -0.2) is 0 Å². The highest BCUT2D eigenvalue weighted by atomic mass is 32.2. The highest BCUT2D eigenvalue weighted by Gasteiger charge is 2.10. The van der Waals surface area contributed by atoms with Gasteiger partial charge in [-0.05, 0) is 36.3 Å². The van der Waals surface area contributed by atoms with Crippen molar-refractivity contribution in [2.45, 2.75) is 19.1 Å². The molecule has 0 radical (unpaired) electrons. The Labute approximate surface area is 135 Å². The van der Waals surface area contributed by atoms with E-state index in [0.717, 1.165) is 35.1 Å². The van der Waals surface area contributed by atoms with Crippen LogP contribution in [0.2, 0.25) is 0 Å². The number of nitrogens with two attached hydrogens (primary N) is 1. The first-order valence-corrected chi connectivity index (χ1v) is 8.36. The number of hydrogen-bond donors (Lipinski definition) is 1. The van der Waals surface area contributed by atoms with Gasteiger partial charge in [0.15, 0.2) is 5.88 Å². The van der Waals surface area contributed by atoms with E-state index >= 15 is 0 Å². The standard InChI is InChI=1S/C17H22N2O2S/c1-12-10-16(19(2)3)21-15(12)11-22-9-8-13-6-4-5-7-14(13)17(18)20/h4-7,10H,8-9,11H2,1-3H3,(H2,18,20). The number of hydrogen-bond acceptors (Lipinski definition) is 4. The van der Waals surface area contributed by atoms with Crippen molar-refractivity contribution in [1.29, 1.82) is 0 Å². The SMILES string of the molecule is Cc1cc(N(C)C)oc1CSCCc1ccccc1C(N)=O. The first-order valence-electron chi connectivity index (χ1n) is 7.21. The number of carbonyl (C=O) groups is 1. The molecule has 1 amide bonds. The van der Waals surface area contributed by atoms with Gasteiger partial charge in [-0.1, -0.05) is 18.2 Å². The van der Waals surface area contributed by atoms with Crippen LogP contribution in [0.1, 0.15) is 27.2 Å². The highest BCUT2D eigenvalue weighted by Crippen LogP contribution is 2.25. The lowest BCUT2D eigenvalue weighted by Gasteiger charge is -2.07. The molecule has 0 fully saturated rings. The highest BCUT2D eigenvalue weighted by molar-refractivity contribution is 7.98. The lowest BCUT2D eigenvalue weighted by atomic mass is 10.1. The van der Waals surface area contributed by atoms with Gasteiger partial charge in [0.05, 0.1) is 5.75 Å². The summed E-state index contributed by atoms with van der Waals surface area (Å²) >= 11 is 1.80. The topological polar surface area (TPSA) is 59.5 Å². The van der Waals surface area contributed by atoms with Gasteiger partial charge in [-0.3, -0.25) is 4.79 Å². The minimum absolute atomic E-state index is 0.363. The summed E-state index contributed by atoms with van der Waals surface area (Å²) in [5, 5.41) is 0. The number of rotatable bonds is 7. The van der Waals surface area contributed by atoms with E-state index in [0.29, 0.717) is 5.56 Å². The number of aryl methyl sites for hydroxylation is 2. The van der Waals surface area contributed by atoms with E-state index in [4.69, 9.17) is 10.2 Å². The second-order valence-electron chi connectivity index (χ2n) is 5.41. The number of thioether (sulfide) groups is 1. The van der Waals surface area contributed by atoms with Crippen molar-refractivity contribution in [2.75, 3.05) is 24.7 Å². The van der Waals surface area contributed by atoms with Crippen LogP contribution in [0.25, 0.3) is 0 Å². The Bertz CT molecular complexity index is 650. The monoisotopic (exact) mass is 318 g/mol. The molecule has 1 aromatic carbocycles. The van der Waals surface area contributed by atoms with Gasteiger partial charge >= 0.3 is 0 Å². The Morgan fingerprint density at radius 3 is 2.68 bits per heavy atom. The Kier molecular flexibility index (Phi) is 5.55. The summed E-state index contributed by atoms with van der Waals surface area (Å²) in [5.41, 5.74) is 8.20. The maximum Gasteiger partial charge on any atom is 0.248 e. The van der Waals surface area contributed by atoms with Crippen molar-refractivity contribution in [3.8, 4) is 0 Å². The van der Waals surface area contributed by atoms with Crippen LogP contribution in [0.5, 0.6) is 0 Å². The molecule has 4 nitrogen and oxygen atoms in total. The minimum atomic E-state index is -0.363. The van der Waals surface area contributed by atoms with Gasteiger partial charge in [0.1, 0.15) is 5.76 Å². The van der Waals surface area contributed by atoms with Crippen LogP contribution in [0.15, 0.2) is 34.7 Å². The van der Waals surface area contributed by atoms with Crippen LogP contribution in [-0.2, 0) is 12.2 Å². The molecule has 0 aliphatic rings. The molecule has 1 heterocycles. The second kappa shape index (κ2) is 7.40. The molecule has 118 valence electrons. The van der Waals surface area contributed by atoms with Crippen molar-refractivity contribution in [3.63, 3.8) is 0 Å². The Morgan fingerprint density at radius 2 is 2.05 bits per heavy atom. The van der Waals surface area contributed by atoms with E-state index in [9.17, 15) is 4.79 Å². The number of furan rings is 1. The quantitative estimate of drug-likeness (QED) is 0.796. The molecular weight excluding hydrogens is 296 g/mol. The fourth-order valence-electron chi connectivity index (χ4n) is 2.19. The number of primary amides is 1. The average molecular weight is 318 g/mol. The maximum absolute atomic E-state index is 11.4. The van der Waals surface area contributed by atoms with Gasteiger partial charge in [0.2, 0.25) is 5.91 Å². The fourth-order valence-corrected chi connectivity index (χ4v) is 3.17. The van der Waals surface area contributed by atoms with Crippen molar-refractivity contribution in [1.82, 2.24) is 0 Å². The Balaban J connectivity index is 1.89. The van der Waals surface area contributed by atoms with E-state index in [1.807, 2.05) is 37.2 Å². The summed E-state index contributed by atoms with van der Waals surface area (Å²) in [6.07, 6.45) is 0.823. The van der Waals surface area contributed by atoms with E-state index in [1.54, 1.807) is 17.8 Å². The molecule has 2 N–H and O–H groups in total. The van der Waals surface area contributed by atoms with Crippen molar-refractivity contribution < 1.29 is 9.21 Å². The molecule has 0 saturated carbocycles. The smallest absolute Gasteiger partial charge is 0.248 e. The molecule has 2 rings (SSSR count). The third-order valence-corrected chi connectivity index (χ3v) is 4.44.